The van der Waals surface area contributed by atoms with Gasteiger partial charge in [-0.05, 0) is 79.4 Å². The molecule has 0 N–H and O–H groups in total. The fourth-order valence-corrected chi connectivity index (χ4v) is 8.46. The van der Waals surface area contributed by atoms with Crippen LogP contribution in [0.3, 0.4) is 0 Å². The largest absolute Gasteiger partial charge is 0.468 e. The van der Waals surface area contributed by atoms with E-state index >= 15 is 8.78 Å². The van der Waals surface area contributed by atoms with Crippen LogP contribution in [0.2, 0.25) is 0 Å². The molecule has 4 fully saturated rings. The highest BCUT2D eigenvalue weighted by Gasteiger charge is 2.67. The lowest BCUT2D eigenvalue weighted by molar-refractivity contribution is -0.231. The van der Waals surface area contributed by atoms with E-state index in [1.54, 1.807) is 0 Å². The minimum atomic E-state index is -2.56. The number of esters is 1. The van der Waals surface area contributed by atoms with Gasteiger partial charge in [-0.25, -0.2) is 8.78 Å². The van der Waals surface area contributed by atoms with E-state index in [0.717, 1.165) is 44.9 Å². The number of carbonyl (C=O) groups excluding carboxylic acids is 1. The molecule has 4 aliphatic carbocycles. The predicted molar refractivity (Wildman–Crippen MR) is 106 cm³/mol. The Labute approximate surface area is 173 Å². The molecular weight excluding hydrogens is 382 g/mol. The van der Waals surface area contributed by atoms with Gasteiger partial charge in [0.2, 0.25) is 0 Å². The number of rotatable bonds is 3. The van der Waals surface area contributed by atoms with Gasteiger partial charge in [0.1, 0.15) is 5.38 Å². The fourth-order valence-electron chi connectivity index (χ4n) is 8.16. The Hall–Kier alpha value is -0.380. The predicted octanol–water partition coefficient (Wildman–Crippen LogP) is 6.45. The first-order valence-electron chi connectivity index (χ1n) is 11.2. The Bertz CT molecular complexity index is 626. The van der Waals surface area contributed by atoms with Crippen molar-refractivity contribution >= 4 is 17.6 Å². The van der Waals surface area contributed by atoms with Crippen molar-refractivity contribution in [2.45, 2.75) is 89.4 Å². The monoisotopic (exact) mass is 416 g/mol. The van der Waals surface area contributed by atoms with E-state index < -0.39 is 23.2 Å². The Morgan fingerprint density at radius 1 is 1.07 bits per heavy atom. The smallest absolute Gasteiger partial charge is 0.323 e. The normalized spacial score (nSPS) is 48.1. The Morgan fingerprint density at radius 3 is 2.50 bits per heavy atom. The molecule has 2 nitrogen and oxygen atoms in total. The summed E-state index contributed by atoms with van der Waals surface area (Å²) < 4.78 is 35.9. The van der Waals surface area contributed by atoms with E-state index in [9.17, 15) is 4.79 Å². The lowest BCUT2D eigenvalue weighted by atomic mass is 9.44. The second-order valence-corrected chi connectivity index (χ2v) is 11.2. The van der Waals surface area contributed by atoms with Crippen molar-refractivity contribution in [3.8, 4) is 0 Å². The van der Waals surface area contributed by atoms with Crippen molar-refractivity contribution in [3.63, 3.8) is 0 Å². The maximum Gasteiger partial charge on any atom is 0.323 e. The first kappa shape index (κ1) is 20.9. The minimum absolute atomic E-state index is 0.0486. The zero-order valence-electron chi connectivity index (χ0n) is 17.5. The summed E-state index contributed by atoms with van der Waals surface area (Å²) in [4.78, 5) is 11.8. The molecule has 0 radical (unpaired) electrons. The van der Waals surface area contributed by atoms with E-state index in [1.165, 1.54) is 13.5 Å². The summed E-state index contributed by atoms with van der Waals surface area (Å²) in [7, 11) is 1.35. The molecule has 0 aromatic carbocycles. The van der Waals surface area contributed by atoms with Crippen LogP contribution in [0.1, 0.15) is 78.1 Å². The SMILES string of the molecule is COC(=O)C(Cl)CC1CCC2C3C(CC[C@]12C)C1(C)CCCCC1CC3(F)F. The Morgan fingerprint density at radius 2 is 1.79 bits per heavy atom. The third-order valence-electron chi connectivity index (χ3n) is 9.72. The van der Waals surface area contributed by atoms with Crippen molar-refractivity contribution in [3.05, 3.63) is 0 Å². The summed E-state index contributed by atoms with van der Waals surface area (Å²) in [5, 5.41) is -0.671. The lowest BCUT2D eigenvalue weighted by Gasteiger charge is -2.62. The number of methoxy groups -OCH3 is 1. The number of ether oxygens (including phenoxy) is 1. The number of fused-ring (bicyclic) bond motifs is 5. The number of hydrogen-bond acceptors (Lipinski definition) is 2. The third-order valence-corrected chi connectivity index (χ3v) is 10.1. The lowest BCUT2D eigenvalue weighted by Crippen LogP contribution is -2.60. The van der Waals surface area contributed by atoms with Crippen LogP contribution in [0, 0.1) is 40.4 Å². The standard InChI is InChI=1S/C23H35ClF2O2/c1-21-10-5-4-6-15(21)13-23(25,26)19-16-8-7-14(12-18(24)20(27)28-3)22(16,2)11-9-17(19)21/h14-19H,4-13H2,1-3H3/t14?,15?,16?,17?,18?,19?,21?,22-/m1/s1. The van der Waals surface area contributed by atoms with Gasteiger partial charge in [-0.3, -0.25) is 4.79 Å². The number of hydrogen-bond donors (Lipinski definition) is 0. The van der Waals surface area contributed by atoms with Gasteiger partial charge in [0.15, 0.2) is 0 Å². The van der Waals surface area contributed by atoms with Gasteiger partial charge >= 0.3 is 5.97 Å². The summed E-state index contributed by atoms with van der Waals surface area (Å²) in [5.41, 5.74) is -0.0470. The molecule has 160 valence electrons. The van der Waals surface area contributed by atoms with Crippen LogP contribution in [0.4, 0.5) is 8.78 Å². The second kappa shape index (κ2) is 7.10. The molecule has 7 unspecified atom stereocenters. The van der Waals surface area contributed by atoms with E-state index in [2.05, 4.69) is 13.8 Å². The first-order chi connectivity index (χ1) is 13.1. The molecule has 28 heavy (non-hydrogen) atoms. The number of carbonyl (C=O) groups is 1. The first-order valence-corrected chi connectivity index (χ1v) is 11.7. The molecule has 8 atom stereocenters. The summed E-state index contributed by atoms with van der Waals surface area (Å²) >= 11 is 6.29. The van der Waals surface area contributed by atoms with Crippen LogP contribution < -0.4 is 0 Å². The zero-order chi connectivity index (χ0) is 20.3. The maximum absolute atomic E-state index is 15.6. The van der Waals surface area contributed by atoms with Gasteiger partial charge in [0.05, 0.1) is 7.11 Å². The minimum Gasteiger partial charge on any atom is -0.468 e. The van der Waals surface area contributed by atoms with Gasteiger partial charge in [-0.2, -0.15) is 0 Å². The molecule has 0 aliphatic heterocycles. The molecule has 0 saturated heterocycles. The molecule has 0 bridgehead atoms. The van der Waals surface area contributed by atoms with Crippen LogP contribution in [-0.2, 0) is 9.53 Å². The highest BCUT2D eigenvalue weighted by Crippen LogP contribution is 2.70. The van der Waals surface area contributed by atoms with Gasteiger partial charge in [-0.15, -0.1) is 11.6 Å². The molecule has 4 saturated carbocycles. The van der Waals surface area contributed by atoms with Crippen LogP contribution in [-0.4, -0.2) is 24.4 Å². The van der Waals surface area contributed by atoms with E-state index in [4.69, 9.17) is 16.3 Å². The zero-order valence-corrected chi connectivity index (χ0v) is 18.2. The molecule has 4 rings (SSSR count). The summed E-state index contributed by atoms with van der Waals surface area (Å²) in [6.45, 7) is 4.53. The molecule has 0 spiro atoms. The molecule has 0 amide bonds. The third kappa shape index (κ3) is 3.03. The maximum atomic E-state index is 15.6. The molecule has 4 aliphatic rings. The topological polar surface area (TPSA) is 26.3 Å². The second-order valence-electron chi connectivity index (χ2n) is 10.7. The van der Waals surface area contributed by atoms with Crippen molar-refractivity contribution in [1.29, 1.82) is 0 Å². The van der Waals surface area contributed by atoms with Gasteiger partial charge in [0, 0.05) is 12.3 Å². The molecule has 0 aromatic heterocycles. The fraction of sp³-hybridized carbons (Fsp3) is 0.957. The quantitative estimate of drug-likeness (QED) is 0.390. The van der Waals surface area contributed by atoms with Crippen LogP contribution in [0.25, 0.3) is 0 Å². The summed E-state index contributed by atoms with van der Waals surface area (Å²) in [5.74, 6) is -2.85. The Kier molecular flexibility index (Phi) is 5.29. The van der Waals surface area contributed by atoms with Gasteiger partial charge in [0.25, 0.3) is 5.92 Å². The van der Waals surface area contributed by atoms with Crippen LogP contribution >= 0.6 is 11.6 Å². The van der Waals surface area contributed by atoms with Gasteiger partial charge < -0.3 is 4.74 Å². The van der Waals surface area contributed by atoms with Gasteiger partial charge in [-0.1, -0.05) is 26.7 Å². The highest BCUT2D eigenvalue weighted by atomic mass is 35.5. The molecule has 0 heterocycles. The van der Waals surface area contributed by atoms with E-state index in [-0.39, 0.29) is 40.9 Å². The summed E-state index contributed by atoms with van der Waals surface area (Å²) in [6.07, 6.45) is 8.69. The van der Waals surface area contributed by atoms with Crippen molar-refractivity contribution in [1.82, 2.24) is 0 Å². The van der Waals surface area contributed by atoms with Crippen molar-refractivity contribution in [2.75, 3.05) is 7.11 Å². The van der Waals surface area contributed by atoms with Crippen molar-refractivity contribution < 1.29 is 18.3 Å². The Balaban J connectivity index is 1.61. The molecule has 5 heteroatoms. The van der Waals surface area contributed by atoms with Crippen molar-refractivity contribution in [2.24, 2.45) is 40.4 Å². The highest BCUT2D eigenvalue weighted by molar-refractivity contribution is 6.29. The van der Waals surface area contributed by atoms with Crippen LogP contribution in [0.5, 0.6) is 0 Å². The number of alkyl halides is 3. The van der Waals surface area contributed by atoms with Crippen LogP contribution in [0.15, 0.2) is 0 Å². The number of halogens is 3. The summed E-state index contributed by atoms with van der Waals surface area (Å²) in [6, 6.07) is 0. The average molecular weight is 417 g/mol. The molecule has 0 aromatic rings. The van der Waals surface area contributed by atoms with E-state index in [1.807, 2.05) is 0 Å². The van der Waals surface area contributed by atoms with E-state index in [0.29, 0.717) is 6.42 Å². The average Bonchev–Trinajstić information content (AvgIpc) is 2.97. The molecular formula is C23H35ClF2O2.